The molecule has 1 heterocycles. The fourth-order valence-corrected chi connectivity index (χ4v) is 1.88. The van der Waals surface area contributed by atoms with E-state index in [-0.39, 0.29) is 0 Å². The van der Waals surface area contributed by atoms with Crippen LogP contribution >= 0.6 is 23.8 Å². The average Bonchev–Trinajstić information content (AvgIpc) is 2.34. The number of rotatable bonds is 0. The minimum absolute atomic E-state index is 0.940. The van der Waals surface area contributed by atoms with Crippen molar-refractivity contribution < 1.29 is 0 Å². The summed E-state index contributed by atoms with van der Waals surface area (Å²) in [6, 6.07) is 8.06. The van der Waals surface area contributed by atoms with Crippen LogP contribution < -0.4 is 0 Å². The van der Waals surface area contributed by atoms with Crippen molar-refractivity contribution in [3.05, 3.63) is 28.1 Å². The predicted octanol–water partition coefficient (Wildman–Crippen LogP) is 2.96. The molecule has 2 aromatic rings. The Labute approximate surface area is 67.5 Å². The fourth-order valence-electron chi connectivity index (χ4n) is 0.906. The Morgan fingerprint density at radius 3 is 2.90 bits per heavy atom. The van der Waals surface area contributed by atoms with Crippen molar-refractivity contribution in [2.24, 2.45) is 0 Å². The quantitative estimate of drug-likeness (QED) is 0.596. The molecule has 0 aliphatic rings. The summed E-state index contributed by atoms with van der Waals surface area (Å²) in [5.41, 5.74) is 1.14. The van der Waals surface area contributed by atoms with Crippen LogP contribution in [0.25, 0.3) is 10.9 Å². The molecular formula is C7H5NS2. The van der Waals surface area contributed by atoms with E-state index in [1.165, 1.54) is 11.5 Å². The van der Waals surface area contributed by atoms with Crippen LogP contribution in [0.5, 0.6) is 0 Å². The Morgan fingerprint density at radius 2 is 2.10 bits per heavy atom. The van der Waals surface area contributed by atoms with Gasteiger partial charge in [0, 0.05) is 5.39 Å². The van der Waals surface area contributed by atoms with Gasteiger partial charge in [-0.3, -0.25) is 0 Å². The summed E-state index contributed by atoms with van der Waals surface area (Å²) in [5, 5.41) is 1.16. The first-order valence-electron chi connectivity index (χ1n) is 2.94. The van der Waals surface area contributed by atoms with Crippen LogP contribution in [0.4, 0.5) is 0 Å². The van der Waals surface area contributed by atoms with E-state index in [0.29, 0.717) is 0 Å². The number of H-pyrrole nitrogens is 1. The summed E-state index contributed by atoms with van der Waals surface area (Å²) in [6.45, 7) is 0. The molecule has 1 aromatic carbocycles. The van der Waals surface area contributed by atoms with E-state index in [4.69, 9.17) is 12.2 Å². The standard InChI is InChI=1S/C7H5NS2/c9-7-5-3-1-2-4-6(5)8-10-7/h1-4,8H. The molecule has 0 saturated carbocycles. The zero-order valence-corrected chi connectivity index (χ0v) is 6.76. The summed E-state index contributed by atoms with van der Waals surface area (Å²) in [7, 11) is 0. The number of hydrogen-bond acceptors (Lipinski definition) is 2. The molecule has 0 spiro atoms. The third kappa shape index (κ3) is 0.786. The van der Waals surface area contributed by atoms with Gasteiger partial charge < -0.3 is 4.37 Å². The summed E-state index contributed by atoms with van der Waals surface area (Å²) < 4.78 is 4.07. The minimum Gasteiger partial charge on any atom is -0.309 e. The van der Waals surface area contributed by atoms with Crippen LogP contribution in [0.2, 0.25) is 0 Å². The molecule has 0 atom stereocenters. The highest BCUT2D eigenvalue weighted by atomic mass is 32.2. The second-order valence-electron chi connectivity index (χ2n) is 2.04. The molecule has 0 amide bonds. The van der Waals surface area contributed by atoms with Crippen LogP contribution in [-0.2, 0) is 0 Å². The van der Waals surface area contributed by atoms with Crippen molar-refractivity contribution in [3.63, 3.8) is 0 Å². The number of para-hydroxylation sites is 1. The van der Waals surface area contributed by atoms with Gasteiger partial charge in [-0.05, 0) is 17.6 Å². The van der Waals surface area contributed by atoms with E-state index in [0.717, 1.165) is 14.7 Å². The van der Waals surface area contributed by atoms with Crippen LogP contribution in [-0.4, -0.2) is 4.37 Å². The lowest BCUT2D eigenvalue weighted by atomic mass is 10.3. The normalized spacial score (nSPS) is 10.4. The molecule has 3 heteroatoms. The molecule has 0 aliphatic heterocycles. The predicted molar refractivity (Wildman–Crippen MR) is 47.0 cm³/mol. The monoisotopic (exact) mass is 167 g/mol. The maximum atomic E-state index is 5.07. The molecule has 0 fully saturated rings. The molecule has 1 N–H and O–H groups in total. The zero-order chi connectivity index (χ0) is 6.97. The third-order valence-electron chi connectivity index (χ3n) is 1.40. The second kappa shape index (κ2) is 2.18. The van der Waals surface area contributed by atoms with E-state index in [2.05, 4.69) is 4.37 Å². The Morgan fingerprint density at radius 1 is 1.30 bits per heavy atom. The molecule has 0 bridgehead atoms. The van der Waals surface area contributed by atoms with Crippen molar-refractivity contribution in [2.45, 2.75) is 0 Å². The highest BCUT2D eigenvalue weighted by molar-refractivity contribution is 7.73. The fraction of sp³-hybridized carbons (Fsp3) is 0. The number of benzene rings is 1. The second-order valence-corrected chi connectivity index (χ2v) is 3.52. The van der Waals surface area contributed by atoms with E-state index in [1.807, 2.05) is 24.3 Å². The Hall–Kier alpha value is -0.670. The Kier molecular flexibility index (Phi) is 1.32. The maximum Gasteiger partial charge on any atom is 0.116 e. The van der Waals surface area contributed by atoms with Crippen molar-refractivity contribution in [1.82, 2.24) is 4.37 Å². The molecule has 2 rings (SSSR count). The van der Waals surface area contributed by atoms with Gasteiger partial charge in [-0.25, -0.2) is 0 Å². The summed E-state index contributed by atoms with van der Waals surface area (Å²) in [6.07, 6.45) is 0. The van der Waals surface area contributed by atoms with Crippen molar-refractivity contribution in [1.29, 1.82) is 0 Å². The summed E-state index contributed by atoms with van der Waals surface area (Å²) in [4.78, 5) is 0. The van der Waals surface area contributed by atoms with Gasteiger partial charge in [0.15, 0.2) is 0 Å². The number of aromatic nitrogens is 1. The first-order chi connectivity index (χ1) is 4.88. The number of nitrogens with one attached hydrogen (secondary N) is 1. The lowest BCUT2D eigenvalue weighted by Gasteiger charge is -1.82. The molecular weight excluding hydrogens is 162 g/mol. The van der Waals surface area contributed by atoms with Gasteiger partial charge >= 0.3 is 0 Å². The molecule has 1 nitrogen and oxygen atoms in total. The Balaban J connectivity index is 3.07. The van der Waals surface area contributed by atoms with Gasteiger partial charge in [0.25, 0.3) is 0 Å². The zero-order valence-electron chi connectivity index (χ0n) is 5.13. The van der Waals surface area contributed by atoms with E-state index < -0.39 is 0 Å². The van der Waals surface area contributed by atoms with Crippen LogP contribution in [0, 0.1) is 3.82 Å². The summed E-state index contributed by atoms with van der Waals surface area (Å²) >= 11 is 6.58. The number of aromatic amines is 1. The van der Waals surface area contributed by atoms with Crippen molar-refractivity contribution >= 4 is 34.7 Å². The van der Waals surface area contributed by atoms with E-state index >= 15 is 0 Å². The topological polar surface area (TPSA) is 15.8 Å². The average molecular weight is 167 g/mol. The first kappa shape index (κ1) is 6.07. The van der Waals surface area contributed by atoms with Crippen LogP contribution in [0.15, 0.2) is 24.3 Å². The van der Waals surface area contributed by atoms with E-state index in [1.54, 1.807) is 0 Å². The highest BCUT2D eigenvalue weighted by Crippen LogP contribution is 2.16. The van der Waals surface area contributed by atoms with Gasteiger partial charge in [-0.2, -0.15) is 0 Å². The minimum atomic E-state index is 0.940. The number of hydrogen-bond donors (Lipinski definition) is 1. The number of fused-ring (bicyclic) bond motifs is 1. The molecule has 0 radical (unpaired) electrons. The van der Waals surface area contributed by atoms with Gasteiger partial charge in [0.2, 0.25) is 0 Å². The maximum absolute atomic E-state index is 5.07. The van der Waals surface area contributed by atoms with Crippen LogP contribution in [0.1, 0.15) is 0 Å². The molecule has 50 valence electrons. The lowest BCUT2D eigenvalue weighted by molar-refractivity contribution is 1.67. The van der Waals surface area contributed by atoms with Crippen molar-refractivity contribution in [2.75, 3.05) is 0 Å². The van der Waals surface area contributed by atoms with Gasteiger partial charge in [0.05, 0.1) is 5.52 Å². The van der Waals surface area contributed by atoms with Crippen molar-refractivity contribution in [3.8, 4) is 0 Å². The largest absolute Gasteiger partial charge is 0.309 e. The SMILES string of the molecule is S=c1s[nH]c2ccccc12. The molecule has 0 saturated heterocycles. The highest BCUT2D eigenvalue weighted by Gasteiger charge is 1.93. The Bertz CT molecular complexity index is 399. The van der Waals surface area contributed by atoms with Gasteiger partial charge in [-0.15, -0.1) is 0 Å². The molecule has 1 aromatic heterocycles. The van der Waals surface area contributed by atoms with Gasteiger partial charge in [0.1, 0.15) is 3.82 Å². The van der Waals surface area contributed by atoms with Crippen LogP contribution in [0.3, 0.4) is 0 Å². The smallest absolute Gasteiger partial charge is 0.116 e. The molecule has 0 unspecified atom stereocenters. The van der Waals surface area contributed by atoms with Gasteiger partial charge in [-0.1, -0.05) is 30.4 Å². The first-order valence-corrected chi connectivity index (χ1v) is 4.16. The van der Waals surface area contributed by atoms with E-state index in [9.17, 15) is 0 Å². The molecule has 10 heavy (non-hydrogen) atoms. The third-order valence-corrected chi connectivity index (χ3v) is 2.60. The lowest BCUT2D eigenvalue weighted by Crippen LogP contribution is -1.62. The molecule has 0 aliphatic carbocycles. The summed E-state index contributed by atoms with van der Waals surface area (Å²) in [5.74, 6) is 0.